The predicted octanol–water partition coefficient (Wildman–Crippen LogP) is 4.45. The van der Waals surface area contributed by atoms with E-state index in [-0.39, 0.29) is 36.8 Å². The van der Waals surface area contributed by atoms with Gasteiger partial charge in [0, 0.05) is 18.4 Å². The molecule has 3 atom stereocenters. The van der Waals surface area contributed by atoms with Crippen molar-refractivity contribution in [2.45, 2.75) is 63.5 Å². The first kappa shape index (κ1) is 23.8. The molecule has 2 aliphatic rings. The number of carboxylic acid groups (broad SMARTS) is 1. The summed E-state index contributed by atoms with van der Waals surface area (Å²) < 4.78 is 5.63. The van der Waals surface area contributed by atoms with Gasteiger partial charge in [-0.2, -0.15) is 0 Å². The Morgan fingerprint density at radius 1 is 1.03 bits per heavy atom. The Morgan fingerprint density at radius 2 is 1.65 bits per heavy atom. The number of fused-ring (bicyclic) bond motifs is 3. The maximum Gasteiger partial charge on any atom is 0.407 e. The van der Waals surface area contributed by atoms with Crippen molar-refractivity contribution in [3.05, 3.63) is 59.7 Å². The highest BCUT2D eigenvalue weighted by atomic mass is 16.5. The average molecular weight is 465 g/mol. The Labute approximate surface area is 199 Å². The lowest BCUT2D eigenvalue weighted by Crippen LogP contribution is -2.52. The molecule has 1 saturated carbocycles. The van der Waals surface area contributed by atoms with Gasteiger partial charge in [-0.15, -0.1) is 0 Å². The van der Waals surface area contributed by atoms with Crippen LogP contribution in [0.1, 0.15) is 63.0 Å². The third-order valence-corrected chi connectivity index (χ3v) is 7.28. The van der Waals surface area contributed by atoms with Crippen LogP contribution < -0.4 is 10.6 Å². The zero-order valence-electron chi connectivity index (χ0n) is 19.7. The third-order valence-electron chi connectivity index (χ3n) is 7.28. The highest BCUT2D eigenvalue weighted by Gasteiger charge is 2.35. The fourth-order valence-electron chi connectivity index (χ4n) is 5.11. The van der Waals surface area contributed by atoms with Crippen molar-refractivity contribution in [2.24, 2.45) is 5.92 Å². The van der Waals surface area contributed by atoms with Crippen molar-refractivity contribution >= 4 is 18.0 Å². The van der Waals surface area contributed by atoms with Crippen LogP contribution >= 0.6 is 0 Å². The summed E-state index contributed by atoms with van der Waals surface area (Å²) in [6.45, 7) is 3.52. The van der Waals surface area contributed by atoms with E-state index in [1.165, 1.54) is 29.2 Å². The van der Waals surface area contributed by atoms with Gasteiger partial charge in [0.1, 0.15) is 12.1 Å². The molecule has 0 heterocycles. The summed E-state index contributed by atoms with van der Waals surface area (Å²) in [6, 6.07) is 16.4. The van der Waals surface area contributed by atoms with Crippen molar-refractivity contribution in [1.82, 2.24) is 10.6 Å². The summed E-state index contributed by atoms with van der Waals surface area (Å²) in [7, 11) is 0. The van der Waals surface area contributed by atoms with E-state index in [0.717, 1.165) is 12.8 Å². The van der Waals surface area contributed by atoms with Crippen molar-refractivity contribution < 1.29 is 24.2 Å². The molecular formula is C27H32N2O5. The van der Waals surface area contributed by atoms with Gasteiger partial charge in [-0.3, -0.25) is 4.79 Å². The Kier molecular flexibility index (Phi) is 6.91. The van der Waals surface area contributed by atoms with Gasteiger partial charge in [-0.1, -0.05) is 55.5 Å². The van der Waals surface area contributed by atoms with Gasteiger partial charge in [-0.05, 0) is 60.8 Å². The first-order valence-corrected chi connectivity index (χ1v) is 12.0. The van der Waals surface area contributed by atoms with E-state index in [1.54, 1.807) is 6.92 Å². The second kappa shape index (κ2) is 9.87. The van der Waals surface area contributed by atoms with Crippen LogP contribution in [-0.2, 0) is 14.3 Å². The predicted molar refractivity (Wildman–Crippen MR) is 128 cm³/mol. The maximum atomic E-state index is 12.5. The number of carbonyl (C=O) groups is 3. The van der Waals surface area contributed by atoms with E-state index in [2.05, 4.69) is 34.9 Å². The molecule has 0 aromatic heterocycles. The highest BCUT2D eigenvalue weighted by Crippen LogP contribution is 2.44. The number of rotatable bonds is 8. The van der Waals surface area contributed by atoms with E-state index in [9.17, 15) is 19.5 Å². The van der Waals surface area contributed by atoms with Gasteiger partial charge < -0.3 is 20.5 Å². The molecule has 1 fully saturated rings. The van der Waals surface area contributed by atoms with Gasteiger partial charge in [0.15, 0.2) is 0 Å². The second-order valence-corrected chi connectivity index (χ2v) is 9.59. The van der Waals surface area contributed by atoms with Crippen LogP contribution in [0.25, 0.3) is 11.1 Å². The number of ether oxygens (including phenoxy) is 1. The summed E-state index contributed by atoms with van der Waals surface area (Å²) >= 11 is 0. The molecule has 1 unspecified atom stereocenters. The molecule has 7 heteroatoms. The Bertz CT molecular complexity index is 1040. The SMILES string of the molecule is CCC(C)(NC(=O)C[C@@H]1CC[C@H](NC(=O)OCC2c3ccccc3-c3ccccc32)C1)C(=O)O. The molecule has 2 aromatic carbocycles. The quantitative estimate of drug-likeness (QED) is 0.535. The molecule has 7 nitrogen and oxygen atoms in total. The fourth-order valence-corrected chi connectivity index (χ4v) is 5.11. The summed E-state index contributed by atoms with van der Waals surface area (Å²) in [4.78, 5) is 36.3. The summed E-state index contributed by atoms with van der Waals surface area (Å²) in [5.41, 5.74) is 3.46. The van der Waals surface area contributed by atoms with E-state index >= 15 is 0 Å². The zero-order valence-corrected chi connectivity index (χ0v) is 19.7. The molecule has 0 bridgehead atoms. The summed E-state index contributed by atoms with van der Waals surface area (Å²) in [6.07, 6.45) is 2.37. The number of carboxylic acids is 1. The number of carbonyl (C=O) groups excluding carboxylic acids is 2. The highest BCUT2D eigenvalue weighted by molar-refractivity contribution is 5.86. The first-order chi connectivity index (χ1) is 16.3. The second-order valence-electron chi connectivity index (χ2n) is 9.59. The van der Waals surface area contributed by atoms with Gasteiger partial charge in [0.05, 0.1) is 0 Å². The standard InChI is InChI=1S/C27H32N2O5/c1-3-27(2,25(31)32)29-24(30)15-17-12-13-18(14-17)28-26(33)34-16-23-21-10-6-4-8-19(21)20-9-5-7-11-22(20)23/h4-11,17-18,23H,3,12-16H2,1-2H3,(H,28,33)(H,29,30)(H,31,32)/t17-,18+,27?/m1/s1. The minimum Gasteiger partial charge on any atom is -0.480 e. The smallest absolute Gasteiger partial charge is 0.407 e. The molecule has 2 aromatic rings. The molecule has 2 aliphatic carbocycles. The minimum atomic E-state index is -1.26. The average Bonchev–Trinajstić information content (AvgIpc) is 3.39. The number of nitrogens with one attached hydrogen (secondary N) is 2. The van der Waals surface area contributed by atoms with Crippen LogP contribution in [-0.4, -0.2) is 41.3 Å². The molecule has 34 heavy (non-hydrogen) atoms. The van der Waals surface area contributed by atoms with E-state index < -0.39 is 17.6 Å². The van der Waals surface area contributed by atoms with Crippen molar-refractivity contribution in [2.75, 3.05) is 6.61 Å². The first-order valence-electron chi connectivity index (χ1n) is 12.0. The van der Waals surface area contributed by atoms with Crippen molar-refractivity contribution in [3.63, 3.8) is 0 Å². The summed E-state index contributed by atoms with van der Waals surface area (Å²) in [5.74, 6) is -1.18. The van der Waals surface area contributed by atoms with Gasteiger partial charge >= 0.3 is 12.1 Å². The number of hydrogen-bond acceptors (Lipinski definition) is 4. The van der Waals surface area contributed by atoms with Crippen LogP contribution in [0, 0.1) is 5.92 Å². The fraction of sp³-hybridized carbons (Fsp3) is 0.444. The van der Waals surface area contributed by atoms with Crippen LogP contribution in [0.4, 0.5) is 4.79 Å². The molecule has 0 radical (unpaired) electrons. The lowest BCUT2D eigenvalue weighted by Gasteiger charge is -2.25. The lowest BCUT2D eigenvalue weighted by molar-refractivity contribution is -0.147. The number of alkyl carbamates (subject to hydrolysis) is 1. The molecule has 0 saturated heterocycles. The molecule has 0 aliphatic heterocycles. The monoisotopic (exact) mass is 464 g/mol. The molecule has 2 amide bonds. The van der Waals surface area contributed by atoms with Gasteiger partial charge in [-0.25, -0.2) is 9.59 Å². The molecule has 180 valence electrons. The number of amides is 2. The Balaban J connectivity index is 1.27. The van der Waals surface area contributed by atoms with E-state index in [1.807, 2.05) is 24.3 Å². The zero-order chi connectivity index (χ0) is 24.3. The minimum absolute atomic E-state index is 0.0142. The van der Waals surface area contributed by atoms with Crippen LogP contribution in [0.3, 0.4) is 0 Å². The normalized spacial score (nSPS) is 20.6. The molecule has 4 rings (SSSR count). The van der Waals surface area contributed by atoms with Crippen molar-refractivity contribution in [1.29, 1.82) is 0 Å². The van der Waals surface area contributed by atoms with E-state index in [4.69, 9.17) is 4.74 Å². The number of aliphatic carboxylic acids is 1. The maximum absolute atomic E-state index is 12.5. The van der Waals surface area contributed by atoms with Gasteiger partial charge in [0.25, 0.3) is 0 Å². The Hall–Kier alpha value is -3.35. The Morgan fingerprint density at radius 3 is 2.24 bits per heavy atom. The number of hydrogen-bond donors (Lipinski definition) is 3. The van der Waals surface area contributed by atoms with Gasteiger partial charge in [0.2, 0.25) is 5.91 Å². The molecular weight excluding hydrogens is 432 g/mol. The van der Waals surface area contributed by atoms with Crippen molar-refractivity contribution in [3.8, 4) is 11.1 Å². The number of benzene rings is 2. The van der Waals surface area contributed by atoms with Crippen LogP contribution in [0.5, 0.6) is 0 Å². The lowest BCUT2D eigenvalue weighted by atomic mass is 9.97. The van der Waals surface area contributed by atoms with Crippen LogP contribution in [0.2, 0.25) is 0 Å². The molecule has 3 N–H and O–H groups in total. The van der Waals surface area contributed by atoms with Crippen LogP contribution in [0.15, 0.2) is 48.5 Å². The summed E-state index contributed by atoms with van der Waals surface area (Å²) in [5, 5.41) is 14.9. The van der Waals surface area contributed by atoms with E-state index in [0.29, 0.717) is 12.8 Å². The third kappa shape index (κ3) is 4.93. The largest absolute Gasteiger partial charge is 0.480 e. The molecule has 0 spiro atoms. The topological polar surface area (TPSA) is 105 Å².